The quantitative estimate of drug-likeness (QED) is 0.814. The van der Waals surface area contributed by atoms with Crippen molar-refractivity contribution in [2.45, 2.75) is 23.2 Å². The average Bonchev–Trinajstić information content (AvgIpc) is 2.67. The molecular formula is C19H21F2NO4S. The number of hydrogen-bond acceptors (Lipinski definition) is 4. The Bertz CT molecular complexity index is 891. The molecule has 0 amide bonds. The van der Waals surface area contributed by atoms with Gasteiger partial charge in [-0.1, -0.05) is 24.3 Å². The molecule has 2 aromatic rings. The van der Waals surface area contributed by atoms with Gasteiger partial charge in [0.05, 0.1) is 7.11 Å². The summed E-state index contributed by atoms with van der Waals surface area (Å²) in [6, 6.07) is 10.3. The molecule has 2 aromatic carbocycles. The summed E-state index contributed by atoms with van der Waals surface area (Å²) in [6.45, 7) is 0.883. The van der Waals surface area contributed by atoms with E-state index in [0.29, 0.717) is 31.8 Å². The number of benzene rings is 2. The summed E-state index contributed by atoms with van der Waals surface area (Å²) >= 11 is 0. The Morgan fingerprint density at radius 2 is 1.70 bits per heavy atom. The van der Waals surface area contributed by atoms with Crippen molar-refractivity contribution in [3.8, 4) is 5.75 Å². The fourth-order valence-corrected chi connectivity index (χ4v) is 4.69. The predicted octanol–water partition coefficient (Wildman–Crippen LogP) is 3.00. The Morgan fingerprint density at radius 1 is 1.07 bits per heavy atom. The summed E-state index contributed by atoms with van der Waals surface area (Å²) in [4.78, 5) is -0.966. The highest BCUT2D eigenvalue weighted by atomic mass is 32.2. The molecule has 1 N–H and O–H groups in total. The van der Waals surface area contributed by atoms with Gasteiger partial charge in [0.25, 0.3) is 0 Å². The Morgan fingerprint density at radius 3 is 2.33 bits per heavy atom. The minimum atomic E-state index is -4.37. The maximum Gasteiger partial charge on any atom is 0.246 e. The molecule has 0 aromatic heterocycles. The lowest BCUT2D eigenvalue weighted by atomic mass is 9.74. The number of sulfonamides is 1. The van der Waals surface area contributed by atoms with Crippen LogP contribution >= 0.6 is 0 Å². The molecule has 3 rings (SSSR count). The van der Waals surface area contributed by atoms with Crippen LogP contribution in [0.5, 0.6) is 5.75 Å². The van der Waals surface area contributed by atoms with Gasteiger partial charge in [-0.3, -0.25) is 0 Å². The molecule has 1 heterocycles. The highest BCUT2D eigenvalue weighted by Gasteiger charge is 2.38. The average molecular weight is 397 g/mol. The van der Waals surface area contributed by atoms with Crippen molar-refractivity contribution >= 4 is 10.0 Å². The number of para-hydroxylation sites is 1. The van der Waals surface area contributed by atoms with Crippen LogP contribution in [0.3, 0.4) is 0 Å². The maximum absolute atomic E-state index is 13.9. The van der Waals surface area contributed by atoms with E-state index >= 15 is 0 Å². The molecule has 0 saturated carbocycles. The van der Waals surface area contributed by atoms with Gasteiger partial charge in [-0.15, -0.1) is 0 Å². The number of nitrogens with one attached hydrogen (secondary N) is 1. The topological polar surface area (TPSA) is 64.6 Å². The van der Waals surface area contributed by atoms with Crippen molar-refractivity contribution in [3.05, 3.63) is 59.7 Å². The third-order valence-electron chi connectivity index (χ3n) is 4.92. The van der Waals surface area contributed by atoms with Crippen LogP contribution in [0.4, 0.5) is 8.78 Å². The van der Waals surface area contributed by atoms with Crippen molar-refractivity contribution in [1.82, 2.24) is 4.72 Å². The molecule has 146 valence electrons. The van der Waals surface area contributed by atoms with Gasteiger partial charge in [0.1, 0.15) is 17.4 Å². The molecule has 8 heteroatoms. The standard InChI is InChI=1S/C19H21F2NO4S/c1-25-17-8-3-2-5-14(17)19(9-11-26-12-10-19)13-22-27(23,24)18-15(20)6-4-7-16(18)21/h2-8,22H,9-13H2,1H3. The number of methoxy groups -OCH3 is 1. The third-order valence-corrected chi connectivity index (χ3v) is 6.37. The van der Waals surface area contributed by atoms with Crippen LogP contribution in [-0.2, 0) is 20.2 Å². The van der Waals surface area contributed by atoms with Gasteiger partial charge < -0.3 is 9.47 Å². The lowest BCUT2D eigenvalue weighted by molar-refractivity contribution is 0.0508. The SMILES string of the molecule is COc1ccccc1C1(CNS(=O)(=O)c2c(F)cccc2F)CCOCC1. The van der Waals surface area contributed by atoms with Crippen LogP contribution in [0.25, 0.3) is 0 Å². The zero-order valence-electron chi connectivity index (χ0n) is 14.9. The van der Waals surface area contributed by atoms with Gasteiger partial charge in [0.2, 0.25) is 10.0 Å². The first kappa shape index (κ1) is 19.7. The van der Waals surface area contributed by atoms with E-state index in [4.69, 9.17) is 9.47 Å². The zero-order chi connectivity index (χ0) is 19.5. The third kappa shape index (κ3) is 3.97. The fourth-order valence-electron chi connectivity index (χ4n) is 3.43. The number of rotatable bonds is 6. The van der Waals surface area contributed by atoms with Crippen LogP contribution in [0.2, 0.25) is 0 Å². The Hall–Kier alpha value is -2.03. The van der Waals surface area contributed by atoms with E-state index in [0.717, 1.165) is 23.8 Å². The summed E-state index contributed by atoms with van der Waals surface area (Å²) in [5, 5.41) is 0. The van der Waals surface area contributed by atoms with Crippen molar-refractivity contribution in [2.75, 3.05) is 26.9 Å². The molecule has 0 radical (unpaired) electrons. The van der Waals surface area contributed by atoms with Crippen molar-refractivity contribution in [1.29, 1.82) is 0 Å². The van der Waals surface area contributed by atoms with Crippen LogP contribution in [0, 0.1) is 11.6 Å². The minimum Gasteiger partial charge on any atom is -0.496 e. The summed E-state index contributed by atoms with van der Waals surface area (Å²) < 4.78 is 66.4. The Balaban J connectivity index is 1.94. The van der Waals surface area contributed by atoms with E-state index in [1.807, 2.05) is 18.2 Å². The highest BCUT2D eigenvalue weighted by Crippen LogP contribution is 2.39. The van der Waals surface area contributed by atoms with E-state index in [1.54, 1.807) is 13.2 Å². The smallest absolute Gasteiger partial charge is 0.246 e. The van der Waals surface area contributed by atoms with Crippen LogP contribution in [0.1, 0.15) is 18.4 Å². The summed E-state index contributed by atoms with van der Waals surface area (Å²) in [5.74, 6) is -1.61. The molecule has 0 unspecified atom stereocenters. The van der Waals surface area contributed by atoms with E-state index in [2.05, 4.69) is 4.72 Å². The molecule has 1 aliphatic rings. The predicted molar refractivity (Wildman–Crippen MR) is 96.3 cm³/mol. The molecule has 0 spiro atoms. The lowest BCUT2D eigenvalue weighted by Crippen LogP contribution is -2.45. The van der Waals surface area contributed by atoms with Gasteiger partial charge in [0, 0.05) is 30.7 Å². The van der Waals surface area contributed by atoms with Gasteiger partial charge in [-0.2, -0.15) is 0 Å². The minimum absolute atomic E-state index is 0.0210. The molecule has 1 fully saturated rings. The second kappa shape index (κ2) is 7.92. The number of halogens is 2. The highest BCUT2D eigenvalue weighted by molar-refractivity contribution is 7.89. The summed E-state index contributed by atoms with van der Waals surface area (Å²) in [6.07, 6.45) is 1.10. The molecule has 1 saturated heterocycles. The van der Waals surface area contributed by atoms with Crippen molar-refractivity contribution in [3.63, 3.8) is 0 Å². The largest absolute Gasteiger partial charge is 0.496 e. The normalized spacial score (nSPS) is 16.9. The maximum atomic E-state index is 13.9. The molecule has 0 atom stereocenters. The van der Waals surface area contributed by atoms with Gasteiger partial charge in [-0.25, -0.2) is 21.9 Å². The van der Waals surface area contributed by atoms with Crippen molar-refractivity contribution in [2.24, 2.45) is 0 Å². The molecule has 5 nitrogen and oxygen atoms in total. The Kier molecular flexibility index (Phi) is 5.78. The second-order valence-corrected chi connectivity index (χ2v) is 8.17. The van der Waals surface area contributed by atoms with Gasteiger partial charge in [0.15, 0.2) is 4.90 Å². The molecule has 27 heavy (non-hydrogen) atoms. The molecule has 0 bridgehead atoms. The Labute approximate surface area is 157 Å². The van der Waals surface area contributed by atoms with E-state index < -0.39 is 32.0 Å². The van der Waals surface area contributed by atoms with E-state index in [9.17, 15) is 17.2 Å². The lowest BCUT2D eigenvalue weighted by Gasteiger charge is -2.38. The second-order valence-electron chi connectivity index (χ2n) is 6.47. The molecular weight excluding hydrogens is 376 g/mol. The molecule has 0 aliphatic carbocycles. The van der Waals surface area contributed by atoms with Crippen LogP contribution in [-0.4, -0.2) is 35.3 Å². The van der Waals surface area contributed by atoms with Gasteiger partial charge >= 0.3 is 0 Å². The van der Waals surface area contributed by atoms with Gasteiger partial charge in [-0.05, 0) is 31.0 Å². The fraction of sp³-hybridized carbons (Fsp3) is 0.368. The summed E-state index contributed by atoms with van der Waals surface area (Å²) in [5.41, 5.74) is 0.243. The monoisotopic (exact) mass is 397 g/mol. The number of hydrogen-bond donors (Lipinski definition) is 1. The first-order valence-corrected chi connectivity index (χ1v) is 10.0. The first-order chi connectivity index (χ1) is 12.9. The van der Waals surface area contributed by atoms with Crippen LogP contribution < -0.4 is 9.46 Å². The van der Waals surface area contributed by atoms with Crippen LogP contribution in [0.15, 0.2) is 47.4 Å². The first-order valence-electron chi connectivity index (χ1n) is 8.54. The van der Waals surface area contributed by atoms with E-state index in [-0.39, 0.29) is 6.54 Å². The van der Waals surface area contributed by atoms with Crippen molar-refractivity contribution < 1.29 is 26.7 Å². The summed E-state index contributed by atoms with van der Waals surface area (Å²) in [7, 11) is -2.82. The van der Waals surface area contributed by atoms with E-state index in [1.165, 1.54) is 0 Å². The number of ether oxygens (including phenoxy) is 2. The molecule has 1 aliphatic heterocycles. The zero-order valence-corrected chi connectivity index (χ0v) is 15.7.